The highest BCUT2D eigenvalue weighted by Gasteiger charge is 2.18. The summed E-state index contributed by atoms with van der Waals surface area (Å²) < 4.78 is 7.19. The van der Waals surface area contributed by atoms with Gasteiger partial charge >= 0.3 is 0 Å². The number of furan rings is 1. The molecule has 2 heterocycles. The number of hydrogen-bond acceptors (Lipinski definition) is 3. The molecule has 0 aliphatic rings. The molecule has 1 aromatic carbocycles. The number of benzene rings is 1. The van der Waals surface area contributed by atoms with Gasteiger partial charge in [0.25, 0.3) is 0 Å². The average molecular weight is 404 g/mol. The minimum absolute atomic E-state index is 0.0749. The lowest BCUT2D eigenvalue weighted by molar-refractivity contribution is 0.492. The Morgan fingerprint density at radius 1 is 1.32 bits per heavy atom. The molecule has 3 aromatic rings. The van der Waals surface area contributed by atoms with Crippen LogP contribution in [0.15, 0.2) is 40.1 Å². The van der Waals surface area contributed by atoms with E-state index in [-0.39, 0.29) is 6.04 Å². The zero-order valence-electron chi connectivity index (χ0n) is 10.1. The third kappa shape index (κ3) is 2.67. The first-order chi connectivity index (χ1) is 9.17. The van der Waals surface area contributed by atoms with E-state index in [0.29, 0.717) is 0 Å². The van der Waals surface area contributed by atoms with Crippen LogP contribution in [0, 0.1) is 2.88 Å². The van der Waals surface area contributed by atoms with Crippen LogP contribution in [-0.4, -0.2) is 7.05 Å². The van der Waals surface area contributed by atoms with Crippen molar-refractivity contribution >= 4 is 56.5 Å². The first kappa shape index (κ1) is 13.4. The van der Waals surface area contributed by atoms with E-state index in [0.717, 1.165) is 21.8 Å². The molecular formula is C14H11ClINOS. The summed E-state index contributed by atoms with van der Waals surface area (Å²) in [7, 11) is 1.94. The fraction of sp³-hybridized carbons (Fsp3) is 0.143. The molecule has 0 saturated heterocycles. The second kappa shape index (κ2) is 5.44. The fourth-order valence-corrected chi connectivity index (χ4v) is 3.70. The summed E-state index contributed by atoms with van der Waals surface area (Å²) in [5.41, 5.74) is 2.09. The molecule has 3 rings (SSSR count). The molecular weight excluding hydrogens is 393 g/mol. The predicted octanol–water partition coefficient (Wildman–Crippen LogP) is 5.06. The molecule has 0 bridgehead atoms. The molecule has 98 valence electrons. The largest absolute Gasteiger partial charge is 0.459 e. The van der Waals surface area contributed by atoms with E-state index < -0.39 is 0 Å². The summed E-state index contributed by atoms with van der Waals surface area (Å²) in [5.74, 6) is 0.911. The van der Waals surface area contributed by atoms with Gasteiger partial charge in [0.15, 0.2) is 0 Å². The Labute approximate surface area is 133 Å². The number of nitrogens with one attached hydrogen (secondary N) is 1. The molecule has 2 aromatic heterocycles. The maximum absolute atomic E-state index is 6.01. The van der Waals surface area contributed by atoms with E-state index >= 15 is 0 Å². The van der Waals surface area contributed by atoms with Crippen molar-refractivity contribution in [2.45, 2.75) is 6.04 Å². The first-order valence-corrected chi connectivity index (χ1v) is 8.11. The first-order valence-electron chi connectivity index (χ1n) is 5.77. The van der Waals surface area contributed by atoms with Gasteiger partial charge in [-0.05, 0) is 70.9 Å². The van der Waals surface area contributed by atoms with Crippen molar-refractivity contribution in [3.8, 4) is 0 Å². The molecule has 0 fully saturated rings. The predicted molar refractivity (Wildman–Crippen MR) is 89.2 cm³/mol. The molecule has 1 unspecified atom stereocenters. The second-order valence-electron chi connectivity index (χ2n) is 4.24. The van der Waals surface area contributed by atoms with Crippen molar-refractivity contribution in [1.82, 2.24) is 5.32 Å². The van der Waals surface area contributed by atoms with Crippen LogP contribution in [0.5, 0.6) is 0 Å². The van der Waals surface area contributed by atoms with Gasteiger partial charge in [0.2, 0.25) is 0 Å². The van der Waals surface area contributed by atoms with Crippen LogP contribution in [0.2, 0.25) is 5.02 Å². The van der Waals surface area contributed by atoms with Gasteiger partial charge in [-0.2, -0.15) is 0 Å². The smallest absolute Gasteiger partial charge is 0.134 e. The van der Waals surface area contributed by atoms with E-state index in [4.69, 9.17) is 16.0 Å². The number of rotatable bonds is 3. The molecule has 0 radical (unpaired) electrons. The molecule has 0 amide bonds. The van der Waals surface area contributed by atoms with Gasteiger partial charge in [0, 0.05) is 10.4 Å². The maximum atomic E-state index is 6.01. The van der Waals surface area contributed by atoms with E-state index in [1.54, 1.807) is 11.3 Å². The summed E-state index contributed by atoms with van der Waals surface area (Å²) in [5, 5.41) is 7.22. The van der Waals surface area contributed by atoms with Crippen LogP contribution in [0.25, 0.3) is 11.0 Å². The SMILES string of the molecule is CNC(c1csc(I)c1)c1cc2cc(Cl)ccc2o1. The number of thiophene rings is 1. The average Bonchev–Trinajstić information content (AvgIpc) is 2.96. The van der Waals surface area contributed by atoms with Crippen molar-refractivity contribution in [1.29, 1.82) is 0 Å². The Kier molecular flexibility index (Phi) is 3.84. The fourth-order valence-electron chi connectivity index (χ4n) is 2.12. The van der Waals surface area contributed by atoms with E-state index in [1.165, 1.54) is 8.45 Å². The van der Waals surface area contributed by atoms with Gasteiger partial charge in [0.05, 0.1) is 8.93 Å². The van der Waals surface area contributed by atoms with Gasteiger partial charge < -0.3 is 9.73 Å². The number of halogens is 2. The van der Waals surface area contributed by atoms with Crippen LogP contribution in [0.3, 0.4) is 0 Å². The highest BCUT2D eigenvalue weighted by Crippen LogP contribution is 2.31. The lowest BCUT2D eigenvalue weighted by Gasteiger charge is -2.11. The Bertz CT molecular complexity index is 721. The molecule has 2 nitrogen and oxygen atoms in total. The molecule has 1 atom stereocenters. The monoisotopic (exact) mass is 403 g/mol. The zero-order valence-corrected chi connectivity index (χ0v) is 13.8. The summed E-state index contributed by atoms with van der Waals surface area (Å²) in [6.45, 7) is 0. The van der Waals surface area contributed by atoms with E-state index in [9.17, 15) is 0 Å². The molecule has 0 aliphatic heterocycles. The number of hydrogen-bond donors (Lipinski definition) is 1. The van der Waals surface area contributed by atoms with E-state index in [1.807, 2.05) is 31.3 Å². The van der Waals surface area contributed by atoms with Crippen molar-refractivity contribution < 1.29 is 4.42 Å². The van der Waals surface area contributed by atoms with Gasteiger partial charge in [-0.25, -0.2) is 0 Å². The van der Waals surface area contributed by atoms with Crippen molar-refractivity contribution in [2.75, 3.05) is 7.05 Å². The Morgan fingerprint density at radius 2 is 2.16 bits per heavy atom. The second-order valence-corrected chi connectivity index (χ2v) is 7.48. The van der Waals surface area contributed by atoms with Crippen molar-refractivity contribution in [2.24, 2.45) is 0 Å². The Morgan fingerprint density at radius 3 is 2.84 bits per heavy atom. The Balaban J connectivity index is 2.06. The quantitative estimate of drug-likeness (QED) is 0.618. The van der Waals surface area contributed by atoms with Crippen LogP contribution < -0.4 is 5.32 Å². The van der Waals surface area contributed by atoms with Crippen LogP contribution >= 0.6 is 45.5 Å². The summed E-state index contributed by atoms with van der Waals surface area (Å²) in [6.07, 6.45) is 0. The Hall–Kier alpha value is -0.560. The lowest BCUT2D eigenvalue weighted by atomic mass is 10.1. The van der Waals surface area contributed by atoms with Gasteiger partial charge in [-0.1, -0.05) is 11.6 Å². The topological polar surface area (TPSA) is 25.2 Å². The van der Waals surface area contributed by atoms with Gasteiger partial charge in [-0.3, -0.25) is 0 Å². The lowest BCUT2D eigenvalue weighted by Crippen LogP contribution is -2.16. The third-order valence-electron chi connectivity index (χ3n) is 2.99. The number of fused-ring (bicyclic) bond motifs is 1. The highest BCUT2D eigenvalue weighted by molar-refractivity contribution is 14.1. The molecule has 0 aliphatic carbocycles. The van der Waals surface area contributed by atoms with Crippen LogP contribution in [0.4, 0.5) is 0 Å². The molecule has 0 saturated carbocycles. The van der Waals surface area contributed by atoms with Crippen molar-refractivity contribution in [3.63, 3.8) is 0 Å². The van der Waals surface area contributed by atoms with Gasteiger partial charge in [-0.15, -0.1) is 11.3 Å². The summed E-state index contributed by atoms with van der Waals surface area (Å²) in [4.78, 5) is 0. The molecule has 5 heteroatoms. The normalized spacial score (nSPS) is 13.0. The maximum Gasteiger partial charge on any atom is 0.134 e. The minimum atomic E-state index is 0.0749. The zero-order chi connectivity index (χ0) is 13.4. The van der Waals surface area contributed by atoms with Gasteiger partial charge in [0.1, 0.15) is 11.3 Å². The minimum Gasteiger partial charge on any atom is -0.459 e. The summed E-state index contributed by atoms with van der Waals surface area (Å²) >= 11 is 10.1. The highest BCUT2D eigenvalue weighted by atomic mass is 127. The molecule has 1 N–H and O–H groups in total. The molecule has 0 spiro atoms. The van der Waals surface area contributed by atoms with Crippen LogP contribution in [-0.2, 0) is 0 Å². The third-order valence-corrected chi connectivity index (χ3v) is 5.03. The summed E-state index contributed by atoms with van der Waals surface area (Å²) in [6, 6.07) is 9.98. The van der Waals surface area contributed by atoms with Crippen LogP contribution in [0.1, 0.15) is 17.4 Å². The van der Waals surface area contributed by atoms with E-state index in [2.05, 4.69) is 39.4 Å². The molecule has 19 heavy (non-hydrogen) atoms. The standard InChI is InChI=1S/C14H11ClINOS/c1-17-14(9-6-13(16)19-7-9)12-5-8-4-10(15)2-3-11(8)18-12/h2-7,14,17H,1H3. The van der Waals surface area contributed by atoms with Crippen molar-refractivity contribution in [3.05, 3.63) is 54.9 Å².